The summed E-state index contributed by atoms with van der Waals surface area (Å²) in [7, 11) is 1.57. The van der Waals surface area contributed by atoms with E-state index in [1.807, 2.05) is 13.0 Å². The number of thioether (sulfide) groups is 1. The van der Waals surface area contributed by atoms with Gasteiger partial charge in [0.1, 0.15) is 5.75 Å². The van der Waals surface area contributed by atoms with Gasteiger partial charge in [0.15, 0.2) is 0 Å². The standard InChI is InChI=1S/C12H17NO3S/c1-7(12(14)15)8(2)17-11-5-4-9(13)6-10(11)16-3/h4-8H,13H2,1-3H3,(H,14,15). The van der Waals surface area contributed by atoms with E-state index in [0.717, 1.165) is 4.90 Å². The average Bonchev–Trinajstić information content (AvgIpc) is 2.30. The lowest BCUT2D eigenvalue weighted by molar-refractivity contribution is -0.140. The van der Waals surface area contributed by atoms with Crippen LogP contribution in [0.4, 0.5) is 5.69 Å². The summed E-state index contributed by atoms with van der Waals surface area (Å²) in [5.74, 6) is -0.527. The van der Waals surface area contributed by atoms with Gasteiger partial charge in [-0.05, 0) is 12.1 Å². The number of rotatable bonds is 5. The normalized spacial score (nSPS) is 14.1. The van der Waals surface area contributed by atoms with Crippen LogP contribution < -0.4 is 10.5 Å². The van der Waals surface area contributed by atoms with E-state index in [-0.39, 0.29) is 5.25 Å². The monoisotopic (exact) mass is 255 g/mol. The summed E-state index contributed by atoms with van der Waals surface area (Å²) in [6.45, 7) is 3.59. The van der Waals surface area contributed by atoms with E-state index in [2.05, 4.69) is 0 Å². The molecule has 1 aromatic rings. The van der Waals surface area contributed by atoms with Gasteiger partial charge in [0.25, 0.3) is 0 Å². The minimum atomic E-state index is -0.792. The second-order valence-electron chi connectivity index (χ2n) is 3.86. The van der Waals surface area contributed by atoms with E-state index in [9.17, 15) is 4.79 Å². The Morgan fingerprint density at radius 1 is 1.47 bits per heavy atom. The first-order valence-electron chi connectivity index (χ1n) is 5.28. The Bertz CT molecular complexity index is 409. The molecule has 2 unspecified atom stereocenters. The topological polar surface area (TPSA) is 72.5 Å². The second kappa shape index (κ2) is 5.82. The smallest absolute Gasteiger partial charge is 0.307 e. The Labute approximate surface area is 105 Å². The number of carboxylic acid groups (broad SMARTS) is 1. The van der Waals surface area contributed by atoms with Crippen LogP contribution in [-0.2, 0) is 4.79 Å². The number of carbonyl (C=O) groups is 1. The summed E-state index contributed by atoms with van der Waals surface area (Å²) in [6, 6.07) is 5.37. The van der Waals surface area contributed by atoms with Gasteiger partial charge >= 0.3 is 5.97 Å². The summed E-state index contributed by atoms with van der Waals surface area (Å²) in [6.07, 6.45) is 0. The lowest BCUT2D eigenvalue weighted by Gasteiger charge is -2.17. The molecule has 0 aliphatic rings. The van der Waals surface area contributed by atoms with E-state index in [4.69, 9.17) is 15.6 Å². The Hall–Kier alpha value is -1.36. The van der Waals surface area contributed by atoms with Gasteiger partial charge in [0, 0.05) is 21.9 Å². The molecule has 3 N–H and O–H groups in total. The number of nitrogen functional groups attached to an aromatic ring is 1. The molecule has 1 rings (SSSR count). The maximum absolute atomic E-state index is 10.9. The van der Waals surface area contributed by atoms with E-state index >= 15 is 0 Å². The molecule has 0 radical (unpaired) electrons. The maximum Gasteiger partial charge on any atom is 0.307 e. The Morgan fingerprint density at radius 3 is 2.65 bits per heavy atom. The zero-order valence-electron chi connectivity index (χ0n) is 10.1. The molecule has 0 aromatic heterocycles. The number of carboxylic acids is 1. The molecule has 0 saturated carbocycles. The van der Waals surface area contributed by atoms with Crippen molar-refractivity contribution in [2.45, 2.75) is 24.0 Å². The van der Waals surface area contributed by atoms with Crippen LogP contribution in [0, 0.1) is 5.92 Å². The number of hydrogen-bond acceptors (Lipinski definition) is 4. The third-order valence-corrected chi connectivity index (χ3v) is 3.97. The van der Waals surface area contributed by atoms with E-state index in [0.29, 0.717) is 11.4 Å². The van der Waals surface area contributed by atoms with Crippen molar-refractivity contribution in [3.63, 3.8) is 0 Å². The molecule has 1 aromatic carbocycles. The molecule has 5 heteroatoms. The first kappa shape index (κ1) is 13.7. The third-order valence-electron chi connectivity index (χ3n) is 2.59. The molecule has 0 aliphatic heterocycles. The van der Waals surface area contributed by atoms with Crippen LogP contribution >= 0.6 is 11.8 Å². The minimum Gasteiger partial charge on any atom is -0.496 e. The van der Waals surface area contributed by atoms with Crippen LogP contribution in [-0.4, -0.2) is 23.4 Å². The lowest BCUT2D eigenvalue weighted by atomic mass is 10.1. The second-order valence-corrected chi connectivity index (χ2v) is 5.28. The number of nitrogens with two attached hydrogens (primary N) is 1. The van der Waals surface area contributed by atoms with Gasteiger partial charge in [-0.3, -0.25) is 4.79 Å². The number of benzene rings is 1. The van der Waals surface area contributed by atoms with Gasteiger partial charge in [0.05, 0.1) is 13.0 Å². The first-order chi connectivity index (χ1) is 7.95. The molecule has 94 valence electrons. The van der Waals surface area contributed by atoms with E-state index in [1.54, 1.807) is 26.2 Å². The number of methoxy groups -OCH3 is 1. The van der Waals surface area contributed by atoms with Gasteiger partial charge in [-0.15, -0.1) is 11.8 Å². The van der Waals surface area contributed by atoms with Gasteiger partial charge in [0.2, 0.25) is 0 Å². The molecule has 2 atom stereocenters. The highest BCUT2D eigenvalue weighted by molar-refractivity contribution is 8.00. The first-order valence-corrected chi connectivity index (χ1v) is 6.16. The Kier molecular flexibility index (Phi) is 4.69. The molecule has 4 nitrogen and oxygen atoms in total. The molecule has 0 spiro atoms. The van der Waals surface area contributed by atoms with Crippen LogP contribution in [0.1, 0.15) is 13.8 Å². The lowest BCUT2D eigenvalue weighted by Crippen LogP contribution is -2.19. The maximum atomic E-state index is 10.9. The summed E-state index contributed by atoms with van der Waals surface area (Å²) in [5.41, 5.74) is 6.29. The molecular weight excluding hydrogens is 238 g/mol. The minimum absolute atomic E-state index is 0.0370. The molecule has 0 amide bonds. The molecule has 0 heterocycles. The summed E-state index contributed by atoms with van der Waals surface area (Å²) in [4.78, 5) is 11.8. The van der Waals surface area contributed by atoms with Crippen molar-refractivity contribution in [2.75, 3.05) is 12.8 Å². The Morgan fingerprint density at radius 2 is 2.12 bits per heavy atom. The average molecular weight is 255 g/mol. The fourth-order valence-corrected chi connectivity index (χ4v) is 2.41. The summed E-state index contributed by atoms with van der Waals surface area (Å²) < 4.78 is 5.22. The van der Waals surface area contributed by atoms with Gasteiger partial charge in [-0.1, -0.05) is 13.8 Å². The SMILES string of the molecule is COc1cc(N)ccc1SC(C)C(C)C(=O)O. The number of ether oxygens (including phenoxy) is 1. The van der Waals surface area contributed by atoms with Crippen LogP contribution in [0.3, 0.4) is 0 Å². The largest absolute Gasteiger partial charge is 0.496 e. The van der Waals surface area contributed by atoms with Crippen molar-refractivity contribution >= 4 is 23.4 Å². The van der Waals surface area contributed by atoms with Crippen LogP contribution in [0.2, 0.25) is 0 Å². The fraction of sp³-hybridized carbons (Fsp3) is 0.417. The fourth-order valence-electron chi connectivity index (χ4n) is 1.28. The quantitative estimate of drug-likeness (QED) is 0.624. The van der Waals surface area contributed by atoms with Gasteiger partial charge in [-0.2, -0.15) is 0 Å². The van der Waals surface area contributed by atoms with E-state index < -0.39 is 11.9 Å². The van der Waals surface area contributed by atoms with Crippen LogP contribution in [0.25, 0.3) is 0 Å². The molecule has 0 aliphatic carbocycles. The highest BCUT2D eigenvalue weighted by atomic mass is 32.2. The third kappa shape index (κ3) is 3.56. The van der Waals surface area contributed by atoms with Crippen molar-refractivity contribution in [3.05, 3.63) is 18.2 Å². The zero-order chi connectivity index (χ0) is 13.0. The van der Waals surface area contributed by atoms with Crippen LogP contribution in [0.15, 0.2) is 23.1 Å². The van der Waals surface area contributed by atoms with Crippen molar-refractivity contribution in [2.24, 2.45) is 5.92 Å². The molecule has 0 bridgehead atoms. The number of aliphatic carboxylic acids is 1. The Balaban J connectivity index is 2.84. The van der Waals surface area contributed by atoms with Crippen molar-refractivity contribution in [1.29, 1.82) is 0 Å². The van der Waals surface area contributed by atoms with Gasteiger partial charge < -0.3 is 15.6 Å². The highest BCUT2D eigenvalue weighted by Crippen LogP contribution is 2.35. The van der Waals surface area contributed by atoms with E-state index in [1.165, 1.54) is 11.8 Å². The summed E-state index contributed by atoms with van der Waals surface area (Å²) >= 11 is 1.48. The molecule has 17 heavy (non-hydrogen) atoms. The molecule has 0 fully saturated rings. The van der Waals surface area contributed by atoms with Crippen molar-refractivity contribution in [1.82, 2.24) is 0 Å². The number of hydrogen-bond donors (Lipinski definition) is 2. The molecule has 0 saturated heterocycles. The van der Waals surface area contributed by atoms with Crippen LogP contribution in [0.5, 0.6) is 5.75 Å². The number of anilines is 1. The highest BCUT2D eigenvalue weighted by Gasteiger charge is 2.21. The van der Waals surface area contributed by atoms with Crippen molar-refractivity contribution < 1.29 is 14.6 Å². The van der Waals surface area contributed by atoms with Crippen molar-refractivity contribution in [3.8, 4) is 5.75 Å². The zero-order valence-corrected chi connectivity index (χ0v) is 11.0. The predicted molar refractivity (Wildman–Crippen MR) is 69.5 cm³/mol. The molecular formula is C12H17NO3S. The van der Waals surface area contributed by atoms with Gasteiger partial charge in [-0.25, -0.2) is 0 Å². The predicted octanol–water partition coefficient (Wildman–Crippen LogP) is 2.48. The summed E-state index contributed by atoms with van der Waals surface area (Å²) in [5, 5.41) is 8.90.